The standard InChI is InChI=1S/C18H34N4O5S3/c1-10(2)14(17(25)21-13(9-28)18(26)27)22-16(24)12(6-8-30-4)20-15(23)11(19)5-7-29-3/h10-14,28H,5-9,19H2,1-4H3,(H,20,23)(H,21,25)(H,22,24)(H,26,27). The fourth-order valence-electron chi connectivity index (χ4n) is 2.39. The molecule has 174 valence electrons. The number of carboxylic acid groups (broad SMARTS) is 1. The van der Waals surface area contributed by atoms with Gasteiger partial charge in [-0.25, -0.2) is 4.79 Å². The lowest BCUT2D eigenvalue weighted by atomic mass is 10.0. The van der Waals surface area contributed by atoms with Crippen molar-refractivity contribution in [1.82, 2.24) is 16.0 Å². The van der Waals surface area contributed by atoms with E-state index < -0.39 is 47.9 Å². The molecule has 6 N–H and O–H groups in total. The Labute approximate surface area is 192 Å². The molecular weight excluding hydrogens is 448 g/mol. The second-order valence-electron chi connectivity index (χ2n) is 7.04. The molecule has 0 heterocycles. The van der Waals surface area contributed by atoms with E-state index in [9.17, 15) is 19.2 Å². The Morgan fingerprint density at radius 3 is 1.90 bits per heavy atom. The monoisotopic (exact) mass is 482 g/mol. The van der Waals surface area contributed by atoms with Gasteiger partial charge in [0.15, 0.2) is 0 Å². The average Bonchev–Trinajstić information content (AvgIpc) is 2.69. The van der Waals surface area contributed by atoms with E-state index in [2.05, 4.69) is 28.6 Å². The first-order chi connectivity index (χ1) is 14.1. The smallest absolute Gasteiger partial charge is 0.327 e. The molecule has 0 rings (SSSR count). The van der Waals surface area contributed by atoms with Gasteiger partial charge in [-0.05, 0) is 42.8 Å². The van der Waals surface area contributed by atoms with Crippen molar-refractivity contribution >= 4 is 59.8 Å². The van der Waals surface area contributed by atoms with Crippen LogP contribution in [0.15, 0.2) is 0 Å². The first kappa shape index (κ1) is 28.9. The zero-order valence-electron chi connectivity index (χ0n) is 17.8. The largest absolute Gasteiger partial charge is 0.480 e. The fraction of sp³-hybridized carbons (Fsp3) is 0.778. The third-order valence-electron chi connectivity index (χ3n) is 4.26. The van der Waals surface area contributed by atoms with Crippen LogP contribution in [0.3, 0.4) is 0 Å². The number of carbonyl (C=O) groups is 4. The number of carboxylic acids is 1. The number of aliphatic carboxylic acids is 1. The Hall–Kier alpha value is -1.11. The molecule has 30 heavy (non-hydrogen) atoms. The number of thiol groups is 1. The van der Waals surface area contributed by atoms with Gasteiger partial charge < -0.3 is 26.8 Å². The zero-order valence-corrected chi connectivity index (χ0v) is 20.4. The molecule has 0 saturated heterocycles. The maximum atomic E-state index is 12.8. The lowest BCUT2D eigenvalue weighted by Gasteiger charge is -2.26. The van der Waals surface area contributed by atoms with E-state index in [1.807, 2.05) is 12.5 Å². The number of hydrogen-bond donors (Lipinski definition) is 6. The third-order valence-corrected chi connectivity index (χ3v) is 5.91. The molecule has 0 fully saturated rings. The number of amides is 3. The molecule has 0 saturated carbocycles. The molecule has 0 bridgehead atoms. The first-order valence-electron chi connectivity index (χ1n) is 9.57. The summed E-state index contributed by atoms with van der Waals surface area (Å²) in [5.41, 5.74) is 5.89. The Kier molecular flexibility index (Phi) is 15.1. The number of thioether (sulfide) groups is 2. The van der Waals surface area contributed by atoms with Gasteiger partial charge in [0.05, 0.1) is 6.04 Å². The molecule has 0 aliphatic heterocycles. The summed E-state index contributed by atoms with van der Waals surface area (Å²) in [5.74, 6) is -1.80. The van der Waals surface area contributed by atoms with E-state index in [1.54, 1.807) is 25.6 Å². The van der Waals surface area contributed by atoms with Gasteiger partial charge in [0, 0.05) is 5.75 Å². The second kappa shape index (κ2) is 15.7. The van der Waals surface area contributed by atoms with Crippen LogP contribution in [-0.2, 0) is 19.2 Å². The fourth-order valence-corrected chi connectivity index (χ4v) is 3.60. The minimum atomic E-state index is -1.21. The molecule has 4 unspecified atom stereocenters. The van der Waals surface area contributed by atoms with Gasteiger partial charge in [-0.1, -0.05) is 13.8 Å². The highest BCUT2D eigenvalue weighted by Gasteiger charge is 2.31. The average molecular weight is 483 g/mol. The quantitative estimate of drug-likeness (QED) is 0.178. The first-order valence-corrected chi connectivity index (χ1v) is 13.0. The number of rotatable bonds is 15. The summed E-state index contributed by atoms with van der Waals surface area (Å²) in [6.07, 6.45) is 4.66. The molecule has 0 aromatic heterocycles. The lowest BCUT2D eigenvalue weighted by Crippen LogP contribution is -2.58. The highest BCUT2D eigenvalue weighted by molar-refractivity contribution is 7.98. The van der Waals surface area contributed by atoms with Crippen molar-refractivity contribution < 1.29 is 24.3 Å². The molecule has 0 aliphatic rings. The second-order valence-corrected chi connectivity index (χ2v) is 9.38. The van der Waals surface area contributed by atoms with Crippen LogP contribution in [0.5, 0.6) is 0 Å². The van der Waals surface area contributed by atoms with E-state index in [0.29, 0.717) is 18.6 Å². The van der Waals surface area contributed by atoms with Crippen LogP contribution in [0.4, 0.5) is 0 Å². The molecule has 0 aromatic rings. The molecule has 4 atom stereocenters. The number of hydrogen-bond acceptors (Lipinski definition) is 8. The number of nitrogens with two attached hydrogens (primary N) is 1. The molecule has 0 spiro atoms. The molecule has 12 heteroatoms. The molecular formula is C18H34N4O5S3. The third kappa shape index (κ3) is 10.8. The van der Waals surface area contributed by atoms with Crippen molar-refractivity contribution in [1.29, 1.82) is 0 Å². The summed E-state index contributed by atoms with van der Waals surface area (Å²) in [6, 6.07) is -3.70. The van der Waals surface area contributed by atoms with Crippen LogP contribution in [0.2, 0.25) is 0 Å². The molecule has 9 nitrogen and oxygen atoms in total. The van der Waals surface area contributed by atoms with Gasteiger partial charge in [-0.2, -0.15) is 36.2 Å². The van der Waals surface area contributed by atoms with Crippen molar-refractivity contribution in [3.8, 4) is 0 Å². The van der Waals surface area contributed by atoms with Crippen LogP contribution < -0.4 is 21.7 Å². The predicted octanol–water partition coefficient (Wildman–Crippen LogP) is -0.0553. The van der Waals surface area contributed by atoms with Crippen molar-refractivity contribution in [3.63, 3.8) is 0 Å². The predicted molar refractivity (Wildman–Crippen MR) is 126 cm³/mol. The normalized spacial score (nSPS) is 15.0. The van der Waals surface area contributed by atoms with Crippen LogP contribution in [0, 0.1) is 5.92 Å². The van der Waals surface area contributed by atoms with Crippen molar-refractivity contribution in [2.75, 3.05) is 29.8 Å². The topological polar surface area (TPSA) is 151 Å². The van der Waals surface area contributed by atoms with Gasteiger partial charge in [0.2, 0.25) is 17.7 Å². The molecule has 3 amide bonds. The Bertz CT molecular complexity index is 580. The van der Waals surface area contributed by atoms with Gasteiger partial charge in [0.25, 0.3) is 0 Å². The number of nitrogens with one attached hydrogen (secondary N) is 3. The molecule has 0 radical (unpaired) electrons. The number of carbonyl (C=O) groups excluding carboxylic acids is 3. The minimum Gasteiger partial charge on any atom is -0.480 e. The van der Waals surface area contributed by atoms with Crippen LogP contribution in [0.25, 0.3) is 0 Å². The van der Waals surface area contributed by atoms with Crippen LogP contribution in [0.1, 0.15) is 26.7 Å². The highest BCUT2D eigenvalue weighted by Crippen LogP contribution is 2.07. The van der Waals surface area contributed by atoms with Crippen molar-refractivity contribution in [2.24, 2.45) is 11.7 Å². The zero-order chi connectivity index (χ0) is 23.3. The van der Waals surface area contributed by atoms with Gasteiger partial charge in [-0.15, -0.1) is 0 Å². The summed E-state index contributed by atoms with van der Waals surface area (Å²) in [4.78, 5) is 48.9. The van der Waals surface area contributed by atoms with Crippen molar-refractivity contribution in [2.45, 2.75) is 50.9 Å². The van der Waals surface area contributed by atoms with Gasteiger partial charge >= 0.3 is 5.97 Å². The maximum Gasteiger partial charge on any atom is 0.327 e. The maximum absolute atomic E-state index is 12.8. The Morgan fingerprint density at radius 1 is 0.900 bits per heavy atom. The lowest BCUT2D eigenvalue weighted by molar-refractivity contribution is -0.142. The summed E-state index contributed by atoms with van der Waals surface area (Å²) in [7, 11) is 0. The summed E-state index contributed by atoms with van der Waals surface area (Å²) in [6.45, 7) is 3.46. The summed E-state index contributed by atoms with van der Waals surface area (Å²) < 4.78 is 0. The van der Waals surface area contributed by atoms with Crippen LogP contribution in [-0.4, -0.2) is 82.7 Å². The molecule has 0 aromatic carbocycles. The summed E-state index contributed by atoms with van der Waals surface area (Å²) in [5, 5.41) is 16.8. The Morgan fingerprint density at radius 2 is 1.43 bits per heavy atom. The van der Waals surface area contributed by atoms with E-state index >= 15 is 0 Å². The Balaban J connectivity index is 5.23. The molecule has 0 aliphatic carbocycles. The SMILES string of the molecule is CSCCC(N)C(=O)NC(CCSC)C(=O)NC(C(=O)NC(CS)C(=O)O)C(C)C. The van der Waals surface area contributed by atoms with E-state index in [1.165, 1.54) is 11.8 Å². The van der Waals surface area contributed by atoms with E-state index in [0.717, 1.165) is 5.75 Å². The van der Waals surface area contributed by atoms with Gasteiger partial charge in [0.1, 0.15) is 18.1 Å². The van der Waals surface area contributed by atoms with Crippen LogP contribution >= 0.6 is 36.2 Å². The van der Waals surface area contributed by atoms with Crippen molar-refractivity contribution in [3.05, 3.63) is 0 Å². The van der Waals surface area contributed by atoms with Gasteiger partial charge in [-0.3, -0.25) is 14.4 Å². The van der Waals surface area contributed by atoms with E-state index in [4.69, 9.17) is 10.8 Å². The minimum absolute atomic E-state index is 0.0832. The summed E-state index contributed by atoms with van der Waals surface area (Å²) >= 11 is 7.03. The highest BCUT2D eigenvalue weighted by atomic mass is 32.2. The van der Waals surface area contributed by atoms with E-state index in [-0.39, 0.29) is 11.7 Å².